The summed E-state index contributed by atoms with van der Waals surface area (Å²) in [5, 5.41) is 1.47. The van der Waals surface area contributed by atoms with Crippen LogP contribution in [0.2, 0.25) is 12.6 Å². The first-order valence-corrected chi connectivity index (χ1v) is 17.0. The number of thiophene rings is 1. The zero-order valence-corrected chi connectivity index (χ0v) is 25.4. The average molecular weight is 500 g/mol. The molecule has 1 aromatic carbocycles. The predicted molar refractivity (Wildman–Crippen MR) is 156 cm³/mol. The molecule has 0 N–H and O–H groups in total. The highest BCUT2D eigenvalue weighted by atomic mass is 32.1. The Morgan fingerprint density at radius 1 is 0.971 bits per heavy atom. The summed E-state index contributed by atoms with van der Waals surface area (Å²) >= 11 is 2.07. The second kappa shape index (κ2) is 10.6. The van der Waals surface area contributed by atoms with E-state index in [1.165, 1.54) is 41.8 Å². The Kier molecular flexibility index (Phi) is 8.60. The number of ether oxygens (including phenoxy) is 1. The Morgan fingerprint density at radius 2 is 1.62 bits per heavy atom. The van der Waals surface area contributed by atoms with Crippen LogP contribution in [-0.2, 0) is 4.74 Å². The number of hydrogen-bond acceptors (Lipinski definition) is 3. The highest BCUT2D eigenvalue weighted by Crippen LogP contribution is 2.55. The smallest absolute Gasteiger partial charge is 0.138 e. The Balaban J connectivity index is 1.87. The molecule has 2 aromatic rings. The highest BCUT2D eigenvalue weighted by Gasteiger charge is 2.50. The van der Waals surface area contributed by atoms with Crippen LogP contribution in [0.15, 0.2) is 29.8 Å². The first-order chi connectivity index (χ1) is 15.8. The van der Waals surface area contributed by atoms with Crippen molar-refractivity contribution in [3.8, 4) is 0 Å². The molecule has 2 atom stereocenters. The van der Waals surface area contributed by atoms with Crippen molar-refractivity contribution in [3.63, 3.8) is 0 Å². The number of rotatable bonds is 10. The van der Waals surface area contributed by atoms with Crippen molar-refractivity contribution in [3.05, 3.63) is 40.3 Å². The fraction of sp³-hybridized carbons (Fsp3) is 0.667. The minimum absolute atomic E-state index is 0.0219. The van der Waals surface area contributed by atoms with E-state index in [9.17, 15) is 0 Å². The molecule has 0 saturated carbocycles. The third-order valence-electron chi connectivity index (χ3n) is 7.76. The fourth-order valence-corrected chi connectivity index (χ4v) is 14.6. The Hall–Kier alpha value is -0.943. The van der Waals surface area contributed by atoms with E-state index in [0.29, 0.717) is 5.54 Å². The predicted octanol–water partition coefficient (Wildman–Crippen LogP) is 9.40. The van der Waals surface area contributed by atoms with E-state index in [0.717, 1.165) is 13.2 Å². The van der Waals surface area contributed by atoms with E-state index in [-0.39, 0.29) is 11.1 Å². The van der Waals surface area contributed by atoms with Crippen LogP contribution < -0.4 is 0 Å². The van der Waals surface area contributed by atoms with Crippen molar-refractivity contribution >= 4 is 35.2 Å². The van der Waals surface area contributed by atoms with Crippen molar-refractivity contribution in [2.45, 2.75) is 117 Å². The lowest BCUT2D eigenvalue weighted by atomic mass is 10.1. The van der Waals surface area contributed by atoms with E-state index in [1.54, 1.807) is 21.6 Å². The van der Waals surface area contributed by atoms with Gasteiger partial charge in [0.2, 0.25) is 0 Å². The van der Waals surface area contributed by atoms with Crippen LogP contribution >= 0.6 is 11.3 Å². The molecule has 34 heavy (non-hydrogen) atoms. The van der Waals surface area contributed by atoms with Gasteiger partial charge in [0.1, 0.15) is 8.24 Å². The SMILES string of the molecule is CCN(C(C)(C)C)[Si](C)(CCCCCCOC(C)(C)C)C1C(C)=C(C)c2c1sc1ccccc21. The van der Waals surface area contributed by atoms with Gasteiger partial charge in [0.15, 0.2) is 0 Å². The van der Waals surface area contributed by atoms with E-state index in [1.807, 2.05) is 0 Å². The molecule has 1 heterocycles. The summed E-state index contributed by atoms with van der Waals surface area (Å²) in [6.45, 7) is 25.7. The molecular weight excluding hydrogens is 450 g/mol. The number of hydrogen-bond donors (Lipinski definition) is 0. The first-order valence-electron chi connectivity index (χ1n) is 13.4. The summed E-state index contributed by atoms with van der Waals surface area (Å²) in [5.41, 5.74) is 5.51. The molecule has 190 valence electrons. The molecule has 0 spiro atoms. The number of unbranched alkanes of at least 4 members (excludes halogenated alkanes) is 3. The molecule has 0 fully saturated rings. The molecule has 0 radical (unpaired) electrons. The van der Waals surface area contributed by atoms with Crippen LogP contribution in [0.3, 0.4) is 0 Å². The lowest BCUT2D eigenvalue weighted by Gasteiger charge is -2.51. The Bertz CT molecular complexity index is 1010. The Labute approximate surface area is 214 Å². The van der Waals surface area contributed by atoms with Crippen molar-refractivity contribution < 1.29 is 4.74 Å². The van der Waals surface area contributed by atoms with Crippen molar-refractivity contribution in [1.82, 2.24) is 4.57 Å². The van der Waals surface area contributed by atoms with Gasteiger partial charge in [-0.1, -0.05) is 56.5 Å². The van der Waals surface area contributed by atoms with Gasteiger partial charge < -0.3 is 9.30 Å². The number of allylic oxidation sites excluding steroid dienone is 2. The summed E-state index contributed by atoms with van der Waals surface area (Å²) < 4.78 is 10.3. The van der Waals surface area contributed by atoms with Gasteiger partial charge in [0.05, 0.1) is 5.60 Å². The maximum absolute atomic E-state index is 5.95. The van der Waals surface area contributed by atoms with Gasteiger partial charge in [-0.25, -0.2) is 0 Å². The van der Waals surface area contributed by atoms with Crippen LogP contribution in [0.1, 0.15) is 104 Å². The molecule has 1 aliphatic rings. The summed E-state index contributed by atoms with van der Waals surface area (Å²) in [6.07, 6.45) is 5.09. The van der Waals surface area contributed by atoms with Crippen molar-refractivity contribution in [2.24, 2.45) is 0 Å². The maximum atomic E-state index is 5.95. The molecule has 2 nitrogen and oxygen atoms in total. The molecule has 3 rings (SSSR count). The molecule has 4 heteroatoms. The minimum atomic E-state index is -1.84. The van der Waals surface area contributed by atoms with Crippen molar-refractivity contribution in [1.29, 1.82) is 0 Å². The molecule has 0 aliphatic heterocycles. The molecule has 2 unspecified atom stereocenters. The summed E-state index contributed by atoms with van der Waals surface area (Å²) in [4.78, 5) is 1.66. The maximum Gasteiger partial charge on any atom is 0.138 e. The number of benzene rings is 1. The van der Waals surface area contributed by atoms with Gasteiger partial charge in [0, 0.05) is 32.7 Å². The van der Waals surface area contributed by atoms with Crippen LogP contribution in [-0.4, -0.2) is 37.1 Å². The van der Waals surface area contributed by atoms with Gasteiger partial charge in [-0.05, 0) is 91.6 Å². The highest BCUT2D eigenvalue weighted by molar-refractivity contribution is 7.20. The summed E-state index contributed by atoms with van der Waals surface area (Å²) in [5.74, 6) is 0. The molecule has 1 aromatic heterocycles. The molecule has 0 bridgehead atoms. The van der Waals surface area contributed by atoms with Crippen LogP contribution in [0, 0.1) is 0 Å². The Morgan fingerprint density at radius 3 is 2.24 bits per heavy atom. The lowest BCUT2D eigenvalue weighted by molar-refractivity contribution is -0.00471. The van der Waals surface area contributed by atoms with Crippen LogP contribution in [0.4, 0.5) is 0 Å². The number of nitrogens with zero attached hydrogens (tertiary/aromatic N) is 1. The number of fused-ring (bicyclic) bond motifs is 3. The third kappa shape index (κ3) is 5.72. The second-order valence-electron chi connectivity index (χ2n) is 12.5. The molecule has 1 aliphatic carbocycles. The zero-order chi connectivity index (χ0) is 25.3. The zero-order valence-electron chi connectivity index (χ0n) is 23.6. The normalized spacial score (nSPS) is 18.7. The van der Waals surface area contributed by atoms with Crippen LogP contribution in [0.25, 0.3) is 15.7 Å². The minimum Gasteiger partial charge on any atom is -0.376 e. The fourth-order valence-electron chi connectivity index (χ4n) is 6.37. The molecule has 0 amide bonds. The average Bonchev–Trinajstić information content (AvgIpc) is 3.20. The molecule has 0 saturated heterocycles. The largest absolute Gasteiger partial charge is 0.376 e. The van der Waals surface area contributed by atoms with Crippen LogP contribution in [0.5, 0.6) is 0 Å². The lowest BCUT2D eigenvalue weighted by Crippen LogP contribution is -2.62. The van der Waals surface area contributed by atoms with Gasteiger partial charge in [-0.3, -0.25) is 0 Å². The van der Waals surface area contributed by atoms with E-state index in [4.69, 9.17) is 4.74 Å². The van der Waals surface area contributed by atoms with Gasteiger partial charge in [-0.2, -0.15) is 0 Å². The van der Waals surface area contributed by atoms with E-state index in [2.05, 4.69) is 109 Å². The monoisotopic (exact) mass is 499 g/mol. The summed E-state index contributed by atoms with van der Waals surface area (Å²) in [7, 11) is -1.84. The topological polar surface area (TPSA) is 12.5 Å². The quantitative estimate of drug-likeness (QED) is 0.238. The summed E-state index contributed by atoms with van der Waals surface area (Å²) in [6, 6.07) is 10.4. The third-order valence-corrected chi connectivity index (χ3v) is 14.8. The van der Waals surface area contributed by atoms with Gasteiger partial charge in [-0.15, -0.1) is 11.3 Å². The standard InChI is InChI=1S/C30H49NOSSi/c1-11-31(29(4,5)6)34(10,21-17-13-12-16-20-32-30(7,8)9)28-23(3)22(2)26-24-18-14-15-19-25(24)33-27(26)28/h14-15,18-19,28H,11-13,16-17,20-21H2,1-10H3. The van der Waals surface area contributed by atoms with E-state index >= 15 is 0 Å². The van der Waals surface area contributed by atoms with Crippen molar-refractivity contribution in [2.75, 3.05) is 13.2 Å². The van der Waals surface area contributed by atoms with Gasteiger partial charge in [0.25, 0.3) is 0 Å². The first kappa shape index (κ1) is 27.6. The second-order valence-corrected chi connectivity index (χ2v) is 17.9. The molecular formula is C30H49NOSSi. The van der Waals surface area contributed by atoms with Gasteiger partial charge >= 0.3 is 0 Å². The van der Waals surface area contributed by atoms with E-state index < -0.39 is 8.24 Å².